The van der Waals surface area contributed by atoms with Crippen LogP contribution in [-0.4, -0.2) is 23.7 Å². The number of aromatic nitrogens is 1. The van der Waals surface area contributed by atoms with Crippen LogP contribution in [0.3, 0.4) is 0 Å². The molecule has 0 saturated heterocycles. The minimum Gasteiger partial charge on any atom is -0.483 e. The van der Waals surface area contributed by atoms with E-state index in [2.05, 4.69) is 15.5 Å². The van der Waals surface area contributed by atoms with E-state index in [1.807, 2.05) is 44.2 Å². The van der Waals surface area contributed by atoms with Crippen molar-refractivity contribution in [3.63, 3.8) is 0 Å². The van der Waals surface area contributed by atoms with Crippen LogP contribution in [0.5, 0.6) is 5.75 Å². The molecule has 20 heavy (non-hydrogen) atoms. The lowest BCUT2D eigenvalue weighted by Crippen LogP contribution is -2.25. The van der Waals surface area contributed by atoms with Crippen molar-refractivity contribution in [2.24, 2.45) is 5.10 Å². The number of hydrogen-bond donors (Lipinski definition) is 2. The van der Waals surface area contributed by atoms with Crippen LogP contribution in [0.25, 0.3) is 0 Å². The average molecular weight is 271 g/mol. The van der Waals surface area contributed by atoms with Gasteiger partial charge in [0.1, 0.15) is 5.75 Å². The van der Waals surface area contributed by atoms with Crippen LogP contribution < -0.4 is 10.2 Å². The highest BCUT2D eigenvalue weighted by Gasteiger charge is 2.06. The van der Waals surface area contributed by atoms with Crippen LogP contribution in [0.2, 0.25) is 0 Å². The predicted molar refractivity (Wildman–Crippen MR) is 77.9 cm³/mol. The topological polar surface area (TPSA) is 66.5 Å². The van der Waals surface area contributed by atoms with Crippen molar-refractivity contribution in [2.45, 2.75) is 13.8 Å². The van der Waals surface area contributed by atoms with E-state index in [1.165, 1.54) is 6.21 Å². The third kappa shape index (κ3) is 3.71. The number of aryl methyl sites for hydroxylation is 2. The summed E-state index contributed by atoms with van der Waals surface area (Å²) in [5.41, 5.74) is 5.25. The predicted octanol–water partition coefficient (Wildman–Crippen LogP) is 2.16. The van der Waals surface area contributed by atoms with Crippen LogP contribution in [0.1, 0.15) is 16.8 Å². The summed E-state index contributed by atoms with van der Waals surface area (Å²) in [4.78, 5) is 14.6. The quantitative estimate of drug-likeness (QED) is 0.646. The number of rotatable bonds is 5. The molecule has 1 aromatic heterocycles. The molecule has 2 rings (SSSR count). The minimum atomic E-state index is -0.296. The van der Waals surface area contributed by atoms with Gasteiger partial charge in [0.2, 0.25) is 0 Å². The number of para-hydroxylation sites is 1. The first-order valence-corrected chi connectivity index (χ1v) is 6.31. The maximum atomic E-state index is 11.6. The first kappa shape index (κ1) is 13.9. The Morgan fingerprint density at radius 1 is 1.30 bits per heavy atom. The number of benzene rings is 1. The standard InChI is InChI=1S/C15H17N3O2/c1-11-5-3-6-12(2)15(11)20-10-14(19)18-17-9-13-7-4-8-16-13/h3-9,16H,10H2,1-2H3,(H,18,19)/b17-9-. The number of nitrogens with zero attached hydrogens (tertiary/aromatic N) is 1. The number of carbonyl (C=O) groups is 1. The number of aromatic amines is 1. The maximum Gasteiger partial charge on any atom is 0.277 e. The Kier molecular flexibility index (Phi) is 4.55. The Bertz CT molecular complexity index is 583. The fourth-order valence-corrected chi connectivity index (χ4v) is 1.80. The highest BCUT2D eigenvalue weighted by molar-refractivity contribution is 5.81. The number of hydrogen-bond acceptors (Lipinski definition) is 3. The molecule has 0 aliphatic heterocycles. The van der Waals surface area contributed by atoms with Gasteiger partial charge in [0.15, 0.2) is 6.61 Å². The zero-order valence-corrected chi connectivity index (χ0v) is 11.5. The van der Waals surface area contributed by atoms with Gasteiger partial charge in [0, 0.05) is 6.20 Å². The number of H-pyrrole nitrogens is 1. The molecule has 1 amide bonds. The highest BCUT2D eigenvalue weighted by Crippen LogP contribution is 2.21. The zero-order chi connectivity index (χ0) is 14.4. The molecule has 0 saturated carbocycles. The van der Waals surface area contributed by atoms with Gasteiger partial charge in [0.05, 0.1) is 11.9 Å². The molecular formula is C15H17N3O2. The third-order valence-electron chi connectivity index (χ3n) is 2.77. The Morgan fingerprint density at radius 3 is 2.70 bits per heavy atom. The van der Waals surface area contributed by atoms with Crippen molar-refractivity contribution in [3.05, 3.63) is 53.3 Å². The summed E-state index contributed by atoms with van der Waals surface area (Å²) in [6.45, 7) is 3.83. The molecule has 1 aromatic carbocycles. The van der Waals surface area contributed by atoms with Gasteiger partial charge in [-0.25, -0.2) is 5.43 Å². The molecule has 0 aliphatic rings. The smallest absolute Gasteiger partial charge is 0.277 e. The van der Waals surface area contributed by atoms with Gasteiger partial charge in [-0.05, 0) is 37.1 Å². The van der Waals surface area contributed by atoms with Gasteiger partial charge in [-0.3, -0.25) is 4.79 Å². The van der Waals surface area contributed by atoms with Gasteiger partial charge < -0.3 is 9.72 Å². The Morgan fingerprint density at radius 2 is 2.05 bits per heavy atom. The summed E-state index contributed by atoms with van der Waals surface area (Å²) < 4.78 is 5.52. The lowest BCUT2D eigenvalue weighted by atomic mass is 10.1. The van der Waals surface area contributed by atoms with Crippen molar-refractivity contribution in [1.29, 1.82) is 0 Å². The summed E-state index contributed by atoms with van der Waals surface area (Å²) in [6.07, 6.45) is 3.32. The van der Waals surface area contributed by atoms with E-state index < -0.39 is 0 Å². The number of hydrazone groups is 1. The van der Waals surface area contributed by atoms with Crippen LogP contribution in [0.15, 0.2) is 41.6 Å². The molecule has 5 nitrogen and oxygen atoms in total. The second-order valence-electron chi connectivity index (χ2n) is 4.43. The summed E-state index contributed by atoms with van der Waals surface area (Å²) in [7, 11) is 0. The molecule has 0 unspecified atom stereocenters. The Balaban J connectivity index is 1.83. The lowest BCUT2D eigenvalue weighted by Gasteiger charge is -2.10. The number of nitrogens with one attached hydrogen (secondary N) is 2. The molecule has 0 atom stereocenters. The van der Waals surface area contributed by atoms with E-state index in [0.717, 1.165) is 22.6 Å². The first-order valence-electron chi connectivity index (χ1n) is 6.31. The molecule has 0 spiro atoms. The molecule has 0 radical (unpaired) electrons. The van der Waals surface area contributed by atoms with Crippen LogP contribution >= 0.6 is 0 Å². The number of carbonyl (C=O) groups excluding carboxylic acids is 1. The monoisotopic (exact) mass is 271 g/mol. The van der Waals surface area contributed by atoms with Crippen molar-refractivity contribution >= 4 is 12.1 Å². The van der Waals surface area contributed by atoms with Gasteiger partial charge in [-0.15, -0.1) is 0 Å². The number of amides is 1. The van der Waals surface area contributed by atoms with Crippen molar-refractivity contribution in [2.75, 3.05) is 6.61 Å². The van der Waals surface area contributed by atoms with Gasteiger partial charge in [-0.1, -0.05) is 18.2 Å². The van der Waals surface area contributed by atoms with Crippen molar-refractivity contribution < 1.29 is 9.53 Å². The summed E-state index contributed by atoms with van der Waals surface area (Å²) >= 11 is 0. The summed E-state index contributed by atoms with van der Waals surface area (Å²) in [6, 6.07) is 9.56. The van der Waals surface area contributed by atoms with Gasteiger partial charge in [0.25, 0.3) is 5.91 Å². The molecule has 0 bridgehead atoms. The van der Waals surface area contributed by atoms with E-state index in [-0.39, 0.29) is 12.5 Å². The SMILES string of the molecule is Cc1cccc(C)c1OCC(=O)N/N=C\c1ccc[nH]1. The fraction of sp³-hybridized carbons (Fsp3) is 0.200. The first-order chi connectivity index (χ1) is 9.66. The van der Waals surface area contributed by atoms with Crippen LogP contribution in [-0.2, 0) is 4.79 Å². The fourth-order valence-electron chi connectivity index (χ4n) is 1.80. The average Bonchev–Trinajstić information content (AvgIpc) is 2.91. The second-order valence-corrected chi connectivity index (χ2v) is 4.43. The molecule has 2 N–H and O–H groups in total. The molecular weight excluding hydrogens is 254 g/mol. The normalized spacial score (nSPS) is 10.7. The van der Waals surface area contributed by atoms with E-state index in [4.69, 9.17) is 4.74 Å². The van der Waals surface area contributed by atoms with Gasteiger partial charge in [-0.2, -0.15) is 5.10 Å². The molecule has 2 aromatic rings. The highest BCUT2D eigenvalue weighted by atomic mass is 16.5. The molecule has 1 heterocycles. The Labute approximate surface area is 117 Å². The lowest BCUT2D eigenvalue weighted by molar-refractivity contribution is -0.123. The second kappa shape index (κ2) is 6.56. The van der Waals surface area contributed by atoms with E-state index in [9.17, 15) is 4.79 Å². The van der Waals surface area contributed by atoms with E-state index >= 15 is 0 Å². The third-order valence-corrected chi connectivity index (χ3v) is 2.77. The van der Waals surface area contributed by atoms with Crippen molar-refractivity contribution in [3.8, 4) is 5.75 Å². The number of ether oxygens (including phenoxy) is 1. The summed E-state index contributed by atoms with van der Waals surface area (Å²) in [5.74, 6) is 0.450. The molecule has 5 heteroatoms. The Hall–Kier alpha value is -2.56. The largest absolute Gasteiger partial charge is 0.483 e. The zero-order valence-electron chi connectivity index (χ0n) is 11.5. The maximum absolute atomic E-state index is 11.6. The minimum absolute atomic E-state index is 0.0617. The molecule has 0 fully saturated rings. The summed E-state index contributed by atoms with van der Waals surface area (Å²) in [5, 5.41) is 3.84. The van der Waals surface area contributed by atoms with Crippen molar-refractivity contribution in [1.82, 2.24) is 10.4 Å². The van der Waals surface area contributed by atoms with Gasteiger partial charge >= 0.3 is 0 Å². The van der Waals surface area contributed by atoms with E-state index in [0.29, 0.717) is 0 Å². The van der Waals surface area contributed by atoms with E-state index in [1.54, 1.807) is 6.20 Å². The molecule has 104 valence electrons. The van der Waals surface area contributed by atoms with Crippen LogP contribution in [0.4, 0.5) is 0 Å². The molecule has 0 aliphatic carbocycles. The van der Waals surface area contributed by atoms with Crippen LogP contribution in [0, 0.1) is 13.8 Å².